The summed E-state index contributed by atoms with van der Waals surface area (Å²) in [6.45, 7) is 3.33. The molecule has 0 aliphatic carbocycles. The van der Waals surface area contributed by atoms with E-state index >= 15 is 0 Å². The van der Waals surface area contributed by atoms with E-state index in [1.165, 1.54) is 5.56 Å². The summed E-state index contributed by atoms with van der Waals surface area (Å²) in [6, 6.07) is 0.194. The van der Waals surface area contributed by atoms with Crippen LogP contribution in [0.15, 0.2) is 6.33 Å². The molecule has 2 aliphatic rings. The maximum atomic E-state index is 12.5. The number of nitrogens with zero attached hydrogens (tertiary/aromatic N) is 5. The molecule has 1 aromatic heterocycles. The number of anilines is 1. The van der Waals surface area contributed by atoms with E-state index in [-0.39, 0.29) is 6.03 Å². The molecule has 0 unspecified atom stereocenters. The van der Waals surface area contributed by atoms with Gasteiger partial charge in [0.05, 0.1) is 5.69 Å². The van der Waals surface area contributed by atoms with Crippen molar-refractivity contribution >= 4 is 11.8 Å². The van der Waals surface area contributed by atoms with Gasteiger partial charge >= 0.3 is 6.03 Å². The van der Waals surface area contributed by atoms with Crippen molar-refractivity contribution < 1.29 is 4.79 Å². The van der Waals surface area contributed by atoms with Gasteiger partial charge in [0.1, 0.15) is 12.1 Å². The lowest BCUT2D eigenvalue weighted by Crippen LogP contribution is -2.43. The summed E-state index contributed by atoms with van der Waals surface area (Å²) in [6.07, 6.45) is 5.56. The topological polar surface area (TPSA) is 52.6 Å². The van der Waals surface area contributed by atoms with E-state index in [0.717, 1.165) is 63.4 Å². The Morgan fingerprint density at radius 2 is 1.71 bits per heavy atom. The van der Waals surface area contributed by atoms with Gasteiger partial charge in [-0.3, -0.25) is 0 Å². The van der Waals surface area contributed by atoms with E-state index in [2.05, 4.69) is 9.97 Å². The van der Waals surface area contributed by atoms with Crippen molar-refractivity contribution in [3.8, 4) is 0 Å². The van der Waals surface area contributed by atoms with Crippen molar-refractivity contribution in [1.29, 1.82) is 0 Å². The van der Waals surface area contributed by atoms with Crippen LogP contribution in [0.2, 0.25) is 0 Å². The molecule has 0 atom stereocenters. The Hall–Kier alpha value is -1.85. The summed E-state index contributed by atoms with van der Waals surface area (Å²) in [5, 5.41) is 0. The van der Waals surface area contributed by atoms with Crippen LogP contribution in [0, 0.1) is 0 Å². The molecule has 0 N–H and O–H groups in total. The molecule has 2 amide bonds. The zero-order chi connectivity index (χ0) is 14.8. The van der Waals surface area contributed by atoms with Gasteiger partial charge in [0.15, 0.2) is 0 Å². The van der Waals surface area contributed by atoms with Crippen molar-refractivity contribution in [2.75, 3.05) is 45.2 Å². The van der Waals surface area contributed by atoms with E-state index in [0.29, 0.717) is 0 Å². The van der Waals surface area contributed by atoms with Gasteiger partial charge in [0, 0.05) is 52.3 Å². The fourth-order valence-corrected chi connectivity index (χ4v) is 3.19. The lowest BCUT2D eigenvalue weighted by molar-refractivity contribution is 0.164. The summed E-state index contributed by atoms with van der Waals surface area (Å²) in [5.41, 5.74) is 2.28. The average molecular weight is 289 g/mol. The van der Waals surface area contributed by atoms with Gasteiger partial charge in [-0.05, 0) is 19.3 Å². The van der Waals surface area contributed by atoms with Gasteiger partial charge in [0.2, 0.25) is 0 Å². The van der Waals surface area contributed by atoms with E-state index in [1.54, 1.807) is 6.33 Å². The number of aromatic nitrogens is 2. The Kier molecular flexibility index (Phi) is 3.94. The largest absolute Gasteiger partial charge is 0.362 e. The molecule has 3 rings (SSSR count). The predicted molar refractivity (Wildman–Crippen MR) is 81.5 cm³/mol. The SMILES string of the molecule is CN(C)c1ncnc2c1CCN(C(=O)N1CCCC1)CC2. The molecule has 0 spiro atoms. The Bertz CT molecular complexity index is 525. The Morgan fingerprint density at radius 3 is 2.43 bits per heavy atom. The van der Waals surface area contributed by atoms with Crippen LogP contribution in [0.1, 0.15) is 24.1 Å². The van der Waals surface area contributed by atoms with Gasteiger partial charge < -0.3 is 14.7 Å². The number of hydrogen-bond donors (Lipinski definition) is 0. The monoisotopic (exact) mass is 289 g/mol. The van der Waals surface area contributed by atoms with Gasteiger partial charge in [-0.1, -0.05) is 0 Å². The number of rotatable bonds is 1. The second-order valence-electron chi connectivity index (χ2n) is 5.98. The molecule has 0 radical (unpaired) electrons. The highest BCUT2D eigenvalue weighted by atomic mass is 16.2. The van der Waals surface area contributed by atoms with Crippen molar-refractivity contribution in [3.63, 3.8) is 0 Å². The second kappa shape index (κ2) is 5.87. The number of carbonyl (C=O) groups excluding carboxylic acids is 1. The van der Waals surface area contributed by atoms with Crippen LogP contribution < -0.4 is 4.90 Å². The maximum Gasteiger partial charge on any atom is 0.320 e. The van der Waals surface area contributed by atoms with Gasteiger partial charge in [-0.2, -0.15) is 0 Å². The van der Waals surface area contributed by atoms with E-state index < -0.39 is 0 Å². The lowest BCUT2D eigenvalue weighted by atomic mass is 10.1. The Balaban J connectivity index is 1.76. The van der Waals surface area contributed by atoms with Crippen LogP contribution >= 0.6 is 0 Å². The van der Waals surface area contributed by atoms with Crippen molar-refractivity contribution in [1.82, 2.24) is 19.8 Å². The van der Waals surface area contributed by atoms with Crippen LogP contribution in [0.3, 0.4) is 0 Å². The summed E-state index contributed by atoms with van der Waals surface area (Å²) >= 11 is 0. The van der Waals surface area contributed by atoms with Crippen molar-refractivity contribution in [2.24, 2.45) is 0 Å². The summed E-state index contributed by atoms with van der Waals surface area (Å²) in [5.74, 6) is 0.982. The van der Waals surface area contributed by atoms with Crippen LogP contribution in [-0.2, 0) is 12.8 Å². The lowest BCUT2D eigenvalue weighted by Gasteiger charge is -2.26. The van der Waals surface area contributed by atoms with Gasteiger partial charge in [-0.25, -0.2) is 14.8 Å². The summed E-state index contributed by atoms with van der Waals surface area (Å²) < 4.78 is 0. The number of carbonyl (C=O) groups is 1. The van der Waals surface area contributed by atoms with Gasteiger partial charge in [-0.15, -0.1) is 0 Å². The zero-order valence-electron chi connectivity index (χ0n) is 12.9. The molecule has 6 nitrogen and oxygen atoms in total. The normalized spacial score (nSPS) is 18.4. The van der Waals surface area contributed by atoms with Crippen molar-refractivity contribution in [3.05, 3.63) is 17.6 Å². The second-order valence-corrected chi connectivity index (χ2v) is 5.98. The molecule has 114 valence electrons. The molecule has 2 aliphatic heterocycles. The summed E-state index contributed by atoms with van der Waals surface area (Å²) in [7, 11) is 4.00. The number of likely N-dealkylation sites (tertiary alicyclic amines) is 1. The fraction of sp³-hybridized carbons (Fsp3) is 0.667. The molecule has 1 aromatic rings. The minimum Gasteiger partial charge on any atom is -0.362 e. The molecule has 0 aromatic carbocycles. The number of fused-ring (bicyclic) bond motifs is 1. The van der Waals surface area contributed by atoms with Crippen molar-refractivity contribution in [2.45, 2.75) is 25.7 Å². The highest BCUT2D eigenvalue weighted by Crippen LogP contribution is 2.23. The smallest absolute Gasteiger partial charge is 0.320 e. The third-order valence-corrected chi connectivity index (χ3v) is 4.33. The molecular formula is C15H23N5O. The predicted octanol–water partition coefficient (Wildman–Crippen LogP) is 1.16. The fourth-order valence-electron chi connectivity index (χ4n) is 3.19. The zero-order valence-corrected chi connectivity index (χ0v) is 12.9. The number of hydrogen-bond acceptors (Lipinski definition) is 4. The molecule has 0 bridgehead atoms. The van der Waals surface area contributed by atoms with Gasteiger partial charge in [0.25, 0.3) is 0 Å². The first-order valence-electron chi connectivity index (χ1n) is 7.71. The van der Waals surface area contributed by atoms with E-state index in [9.17, 15) is 4.79 Å². The number of amides is 2. The molecule has 1 fully saturated rings. The average Bonchev–Trinajstić information content (AvgIpc) is 2.92. The first-order valence-corrected chi connectivity index (χ1v) is 7.71. The first-order chi connectivity index (χ1) is 10.2. The standard InChI is InChI=1S/C15H23N5O/c1-18(2)14-12-5-9-20(10-6-13(12)16-11-17-14)15(21)19-7-3-4-8-19/h11H,3-10H2,1-2H3. The minimum absolute atomic E-state index is 0.194. The third-order valence-electron chi connectivity index (χ3n) is 4.33. The van der Waals surface area contributed by atoms with Crippen LogP contribution in [0.25, 0.3) is 0 Å². The quantitative estimate of drug-likeness (QED) is 0.778. The van der Waals surface area contributed by atoms with Crippen LogP contribution in [-0.4, -0.2) is 66.1 Å². The molecule has 0 saturated carbocycles. The summed E-state index contributed by atoms with van der Waals surface area (Å²) in [4.78, 5) is 27.3. The maximum absolute atomic E-state index is 12.5. The minimum atomic E-state index is 0.194. The van der Waals surface area contributed by atoms with E-state index in [4.69, 9.17) is 0 Å². The molecule has 6 heteroatoms. The highest BCUT2D eigenvalue weighted by Gasteiger charge is 2.26. The molecule has 3 heterocycles. The molecular weight excluding hydrogens is 266 g/mol. The highest BCUT2D eigenvalue weighted by molar-refractivity contribution is 5.75. The number of urea groups is 1. The van der Waals surface area contributed by atoms with Crippen LogP contribution in [0.5, 0.6) is 0 Å². The molecule has 1 saturated heterocycles. The van der Waals surface area contributed by atoms with Crippen LogP contribution in [0.4, 0.5) is 10.6 Å². The Labute approximate surface area is 125 Å². The molecule has 21 heavy (non-hydrogen) atoms. The third kappa shape index (κ3) is 2.80. The van der Waals surface area contributed by atoms with E-state index in [1.807, 2.05) is 28.8 Å². The first kappa shape index (κ1) is 14.1. The Morgan fingerprint density at radius 1 is 1.05 bits per heavy atom.